The quantitative estimate of drug-likeness (QED) is 0.365. The summed E-state index contributed by atoms with van der Waals surface area (Å²) in [6, 6.07) is 9.37. The molecular formula is C17H15ClN8O2S. The van der Waals surface area contributed by atoms with Crippen LogP contribution >= 0.6 is 22.9 Å². The standard InChI is InChI=1S/C17H15ClN8O2S/c1-10-15(26(27)28)14(23-24(10)2)16-20-21-17(29-16)19-13-7-8-25(22-13)9-11-5-3-4-6-12(11)18/h3-8H,9H2,1-2H3,(H,19,21,22). The van der Waals surface area contributed by atoms with E-state index in [1.165, 1.54) is 16.0 Å². The van der Waals surface area contributed by atoms with Crippen LogP contribution in [0, 0.1) is 17.0 Å². The number of hydrogen-bond donors (Lipinski definition) is 1. The molecule has 148 valence electrons. The number of benzene rings is 1. The smallest absolute Gasteiger partial charge is 0.313 e. The average molecular weight is 431 g/mol. The van der Waals surface area contributed by atoms with Crippen molar-refractivity contribution >= 4 is 39.6 Å². The minimum atomic E-state index is -0.456. The van der Waals surface area contributed by atoms with Gasteiger partial charge in [-0.15, -0.1) is 10.2 Å². The van der Waals surface area contributed by atoms with Crippen LogP contribution in [0.25, 0.3) is 10.7 Å². The SMILES string of the molecule is Cc1c([N+](=O)[O-])c(-c2nnc(Nc3ccn(Cc4ccccc4Cl)n3)s2)nn1C. The molecule has 0 fully saturated rings. The maximum absolute atomic E-state index is 11.4. The predicted molar refractivity (Wildman–Crippen MR) is 110 cm³/mol. The highest BCUT2D eigenvalue weighted by Gasteiger charge is 2.27. The number of rotatable bonds is 6. The lowest BCUT2D eigenvalue weighted by atomic mass is 10.2. The number of aromatic nitrogens is 6. The molecule has 12 heteroatoms. The van der Waals surface area contributed by atoms with Gasteiger partial charge in [0, 0.05) is 24.3 Å². The Kier molecular flexibility index (Phi) is 4.99. The Morgan fingerprint density at radius 1 is 1.24 bits per heavy atom. The van der Waals surface area contributed by atoms with Gasteiger partial charge in [0.05, 0.1) is 11.5 Å². The summed E-state index contributed by atoms with van der Waals surface area (Å²) >= 11 is 7.36. The fourth-order valence-electron chi connectivity index (χ4n) is 2.76. The minimum absolute atomic E-state index is 0.0702. The van der Waals surface area contributed by atoms with Crippen molar-refractivity contribution in [1.82, 2.24) is 29.8 Å². The lowest BCUT2D eigenvalue weighted by molar-refractivity contribution is -0.384. The summed E-state index contributed by atoms with van der Waals surface area (Å²) < 4.78 is 3.21. The van der Waals surface area contributed by atoms with Gasteiger partial charge in [-0.05, 0) is 18.6 Å². The number of nitrogens with one attached hydrogen (secondary N) is 1. The molecule has 4 aromatic rings. The summed E-state index contributed by atoms with van der Waals surface area (Å²) in [5.41, 5.74) is 1.54. The summed E-state index contributed by atoms with van der Waals surface area (Å²) in [6.07, 6.45) is 1.82. The van der Waals surface area contributed by atoms with Gasteiger partial charge in [-0.25, -0.2) is 0 Å². The van der Waals surface area contributed by atoms with Crippen LogP contribution in [-0.4, -0.2) is 34.7 Å². The molecule has 0 saturated heterocycles. The second-order valence-electron chi connectivity index (χ2n) is 6.19. The highest BCUT2D eigenvalue weighted by molar-refractivity contribution is 7.18. The maximum atomic E-state index is 11.4. The van der Waals surface area contributed by atoms with E-state index in [0.717, 1.165) is 5.56 Å². The normalized spacial score (nSPS) is 11.0. The molecule has 3 aromatic heterocycles. The highest BCUT2D eigenvalue weighted by atomic mass is 35.5. The predicted octanol–water partition coefficient (Wildman–Crippen LogP) is 3.80. The first-order chi connectivity index (χ1) is 13.9. The Hall–Kier alpha value is -3.31. The summed E-state index contributed by atoms with van der Waals surface area (Å²) in [7, 11) is 1.65. The summed E-state index contributed by atoms with van der Waals surface area (Å²) in [5, 5.41) is 32.7. The zero-order valence-electron chi connectivity index (χ0n) is 15.4. The molecule has 0 atom stereocenters. The molecular weight excluding hydrogens is 416 g/mol. The van der Waals surface area contributed by atoms with Crippen molar-refractivity contribution in [2.24, 2.45) is 7.05 Å². The van der Waals surface area contributed by atoms with Crippen molar-refractivity contribution in [2.75, 3.05) is 5.32 Å². The van der Waals surface area contributed by atoms with E-state index in [-0.39, 0.29) is 11.4 Å². The van der Waals surface area contributed by atoms with Crippen molar-refractivity contribution in [2.45, 2.75) is 13.5 Å². The average Bonchev–Trinajstić information content (AvgIpc) is 3.38. The van der Waals surface area contributed by atoms with Crippen LogP contribution in [0.1, 0.15) is 11.3 Å². The summed E-state index contributed by atoms with van der Waals surface area (Å²) in [5.74, 6) is 0.575. The van der Waals surface area contributed by atoms with E-state index in [1.54, 1.807) is 24.7 Å². The molecule has 3 heterocycles. The lowest BCUT2D eigenvalue weighted by Crippen LogP contribution is -2.01. The van der Waals surface area contributed by atoms with Gasteiger partial charge in [-0.3, -0.25) is 19.5 Å². The van der Waals surface area contributed by atoms with Crippen LogP contribution in [0.15, 0.2) is 36.5 Å². The second kappa shape index (κ2) is 7.60. The highest BCUT2D eigenvalue weighted by Crippen LogP contribution is 2.35. The molecule has 1 aromatic carbocycles. The largest absolute Gasteiger partial charge is 0.320 e. The molecule has 0 amide bonds. The summed E-state index contributed by atoms with van der Waals surface area (Å²) in [4.78, 5) is 10.9. The fourth-order valence-corrected chi connectivity index (χ4v) is 3.69. The number of aryl methyl sites for hydroxylation is 1. The van der Waals surface area contributed by atoms with E-state index >= 15 is 0 Å². The molecule has 10 nitrogen and oxygen atoms in total. The number of nitrogens with zero attached hydrogens (tertiary/aromatic N) is 7. The third-order valence-corrected chi connectivity index (χ3v) is 5.49. The van der Waals surface area contributed by atoms with Gasteiger partial charge in [0.1, 0.15) is 5.69 Å². The third-order valence-electron chi connectivity index (χ3n) is 4.28. The Bertz CT molecular complexity index is 1200. The number of nitro groups is 1. The molecule has 0 radical (unpaired) electrons. The van der Waals surface area contributed by atoms with Gasteiger partial charge in [-0.2, -0.15) is 10.2 Å². The van der Waals surface area contributed by atoms with Gasteiger partial charge in [0.2, 0.25) is 10.8 Å². The van der Waals surface area contributed by atoms with Gasteiger partial charge < -0.3 is 5.32 Å². The minimum Gasteiger partial charge on any atom is -0.313 e. The Morgan fingerprint density at radius 2 is 2.03 bits per heavy atom. The molecule has 0 aliphatic carbocycles. The number of halogens is 1. The molecule has 0 aliphatic heterocycles. The Morgan fingerprint density at radius 3 is 2.79 bits per heavy atom. The topological polar surface area (TPSA) is 117 Å². The molecule has 0 saturated carbocycles. The molecule has 0 spiro atoms. The van der Waals surface area contributed by atoms with Crippen molar-refractivity contribution in [1.29, 1.82) is 0 Å². The zero-order valence-corrected chi connectivity index (χ0v) is 17.0. The van der Waals surface area contributed by atoms with E-state index in [2.05, 4.69) is 25.7 Å². The third kappa shape index (κ3) is 3.82. The van der Waals surface area contributed by atoms with Gasteiger partial charge in [-0.1, -0.05) is 41.1 Å². The molecule has 0 unspecified atom stereocenters. The van der Waals surface area contributed by atoms with Crippen LogP contribution < -0.4 is 5.32 Å². The van der Waals surface area contributed by atoms with E-state index in [0.29, 0.717) is 33.2 Å². The van der Waals surface area contributed by atoms with E-state index in [4.69, 9.17) is 11.6 Å². The fraction of sp³-hybridized carbons (Fsp3) is 0.176. The van der Waals surface area contributed by atoms with Crippen molar-refractivity contribution in [3.63, 3.8) is 0 Å². The maximum Gasteiger partial charge on any atom is 0.320 e. The van der Waals surface area contributed by atoms with Crippen LogP contribution in [-0.2, 0) is 13.6 Å². The molecule has 1 N–H and O–H groups in total. The summed E-state index contributed by atoms with van der Waals surface area (Å²) in [6.45, 7) is 2.17. The van der Waals surface area contributed by atoms with Gasteiger partial charge >= 0.3 is 5.69 Å². The Labute approximate surface area is 173 Å². The first kappa shape index (κ1) is 19.0. The monoisotopic (exact) mass is 430 g/mol. The van der Waals surface area contributed by atoms with Crippen LogP contribution in [0.3, 0.4) is 0 Å². The van der Waals surface area contributed by atoms with E-state index in [9.17, 15) is 10.1 Å². The van der Waals surface area contributed by atoms with Crippen LogP contribution in [0.4, 0.5) is 16.6 Å². The van der Waals surface area contributed by atoms with Crippen molar-refractivity contribution in [3.05, 3.63) is 62.9 Å². The molecule has 4 rings (SSSR count). The zero-order chi connectivity index (χ0) is 20.5. The van der Waals surface area contributed by atoms with Gasteiger partial charge in [0.25, 0.3) is 0 Å². The molecule has 0 aliphatic rings. The number of hydrogen-bond acceptors (Lipinski definition) is 8. The Balaban J connectivity index is 1.52. The van der Waals surface area contributed by atoms with Crippen LogP contribution in [0.5, 0.6) is 0 Å². The van der Waals surface area contributed by atoms with E-state index in [1.807, 2.05) is 30.5 Å². The molecule has 0 bridgehead atoms. The molecule has 29 heavy (non-hydrogen) atoms. The number of anilines is 2. The van der Waals surface area contributed by atoms with Crippen molar-refractivity contribution < 1.29 is 4.92 Å². The lowest BCUT2D eigenvalue weighted by Gasteiger charge is -2.04. The second-order valence-corrected chi connectivity index (χ2v) is 7.58. The van der Waals surface area contributed by atoms with Gasteiger partial charge in [0.15, 0.2) is 10.8 Å². The van der Waals surface area contributed by atoms with Crippen LogP contribution in [0.2, 0.25) is 5.02 Å². The first-order valence-electron chi connectivity index (χ1n) is 8.48. The van der Waals surface area contributed by atoms with E-state index < -0.39 is 4.92 Å². The van der Waals surface area contributed by atoms with Crippen molar-refractivity contribution in [3.8, 4) is 10.7 Å². The first-order valence-corrected chi connectivity index (χ1v) is 9.67.